The minimum atomic E-state index is 0.767. The van der Waals surface area contributed by atoms with E-state index in [9.17, 15) is 0 Å². The molecular weight excluding hydrogens is 316 g/mol. The number of nitrogens with one attached hydrogen (secondary N) is 1. The van der Waals surface area contributed by atoms with Crippen molar-refractivity contribution in [3.05, 3.63) is 46.6 Å². The number of benzene rings is 1. The number of fused-ring (bicyclic) bond motifs is 1. The Morgan fingerprint density at radius 3 is 2.77 bits per heavy atom. The van der Waals surface area contributed by atoms with Crippen LogP contribution in [-0.2, 0) is 6.54 Å². The van der Waals surface area contributed by atoms with Crippen LogP contribution in [0.5, 0.6) is 0 Å². The lowest BCUT2D eigenvalue weighted by atomic mass is 10.1. The fourth-order valence-electron chi connectivity index (χ4n) is 3.14. The number of nitrogens with zero attached hydrogens (tertiary/aromatic N) is 2. The third kappa shape index (κ3) is 2.65. The van der Waals surface area contributed by atoms with Crippen LogP contribution in [0.2, 0.25) is 5.02 Å². The van der Waals surface area contributed by atoms with Crippen molar-refractivity contribution < 1.29 is 10.2 Å². The van der Waals surface area contributed by atoms with Crippen LogP contribution >= 0.6 is 22.9 Å². The van der Waals surface area contributed by atoms with E-state index in [1.807, 2.05) is 12.1 Å². The molecule has 6 heteroatoms. The molecule has 0 atom stereocenters. The zero-order valence-electron chi connectivity index (χ0n) is 12.3. The normalized spacial score (nSPS) is 16.4. The minimum Gasteiger partial charge on any atom is -0.337 e. The van der Waals surface area contributed by atoms with Crippen LogP contribution < -0.4 is 10.2 Å². The fraction of sp³-hybridized carbons (Fsp3) is 0.312. The Kier molecular flexibility index (Phi) is 3.88. The summed E-state index contributed by atoms with van der Waals surface area (Å²) in [7, 11) is 0. The molecule has 3 heterocycles. The third-order valence-corrected chi connectivity index (χ3v) is 5.31. The maximum absolute atomic E-state index is 6.02. The van der Waals surface area contributed by atoms with Crippen molar-refractivity contribution >= 4 is 27.9 Å². The van der Waals surface area contributed by atoms with E-state index in [2.05, 4.69) is 33.4 Å². The van der Waals surface area contributed by atoms with Crippen LogP contribution in [0, 0.1) is 0 Å². The Hall–Kier alpha value is -1.40. The summed E-state index contributed by atoms with van der Waals surface area (Å²) in [6, 6.07) is 8.02. The molecule has 2 aromatic heterocycles. The maximum atomic E-state index is 6.02. The van der Waals surface area contributed by atoms with Gasteiger partial charge in [-0.05, 0) is 12.1 Å². The molecule has 4 rings (SSSR count). The summed E-state index contributed by atoms with van der Waals surface area (Å²) in [6.07, 6.45) is 2.14. The quantitative estimate of drug-likeness (QED) is 0.726. The molecule has 22 heavy (non-hydrogen) atoms. The van der Waals surface area contributed by atoms with Crippen LogP contribution in [0.3, 0.4) is 0 Å². The van der Waals surface area contributed by atoms with Crippen molar-refractivity contribution in [3.63, 3.8) is 0 Å². The first-order valence-electron chi connectivity index (χ1n) is 7.67. The van der Waals surface area contributed by atoms with E-state index in [-0.39, 0.29) is 0 Å². The van der Waals surface area contributed by atoms with Gasteiger partial charge in [0.25, 0.3) is 0 Å². The summed E-state index contributed by atoms with van der Waals surface area (Å²) in [4.78, 5) is 7.57. The van der Waals surface area contributed by atoms with Gasteiger partial charge >= 0.3 is 0 Å². The summed E-state index contributed by atoms with van der Waals surface area (Å²) >= 11 is 7.71. The lowest BCUT2D eigenvalue weighted by Gasteiger charge is -2.22. The zero-order chi connectivity index (χ0) is 14.9. The molecule has 3 N–H and O–H groups in total. The second kappa shape index (κ2) is 6.01. The van der Waals surface area contributed by atoms with Gasteiger partial charge < -0.3 is 10.2 Å². The van der Waals surface area contributed by atoms with Crippen LogP contribution in [0.25, 0.3) is 16.2 Å². The number of rotatable bonds is 3. The van der Waals surface area contributed by atoms with Crippen LogP contribution in [-0.4, -0.2) is 35.6 Å². The molecule has 0 radical (unpaired) electrons. The molecule has 0 saturated carbocycles. The zero-order valence-corrected chi connectivity index (χ0v) is 13.8. The van der Waals surface area contributed by atoms with Gasteiger partial charge in [-0.15, -0.1) is 11.3 Å². The number of imidazole rings is 1. The first-order chi connectivity index (χ1) is 10.8. The standard InChI is InChI=1S/C16H17ClN4S/c17-13-3-1-12(2-4-13)15-14(11-20-7-5-18-6-8-20)21-9-10-22-16(21)19-15/h1-4,9-10,18H,5-8,11H2/p+2. The largest absolute Gasteiger partial charge is 0.337 e. The number of thiazole rings is 1. The molecule has 1 fully saturated rings. The van der Waals surface area contributed by atoms with Gasteiger partial charge in [0.2, 0.25) is 0 Å². The molecule has 4 nitrogen and oxygen atoms in total. The second-order valence-electron chi connectivity index (χ2n) is 5.76. The fourth-order valence-corrected chi connectivity index (χ4v) is 3.99. The monoisotopic (exact) mass is 334 g/mol. The van der Waals surface area contributed by atoms with Gasteiger partial charge in [0, 0.05) is 22.2 Å². The summed E-state index contributed by atoms with van der Waals surface area (Å²) in [5, 5.41) is 5.28. The molecule has 1 aliphatic rings. The van der Waals surface area contributed by atoms with E-state index >= 15 is 0 Å². The Morgan fingerprint density at radius 1 is 1.23 bits per heavy atom. The van der Waals surface area contributed by atoms with Crippen molar-refractivity contribution in [1.82, 2.24) is 9.38 Å². The van der Waals surface area contributed by atoms with Gasteiger partial charge in [-0.1, -0.05) is 23.7 Å². The van der Waals surface area contributed by atoms with Gasteiger partial charge in [-0.2, -0.15) is 0 Å². The minimum absolute atomic E-state index is 0.767. The van der Waals surface area contributed by atoms with Gasteiger partial charge in [0.15, 0.2) is 4.96 Å². The number of hydrogen-bond acceptors (Lipinski definition) is 2. The van der Waals surface area contributed by atoms with Crippen molar-refractivity contribution in [2.45, 2.75) is 6.54 Å². The molecule has 1 aliphatic heterocycles. The highest BCUT2D eigenvalue weighted by molar-refractivity contribution is 7.15. The van der Waals surface area contributed by atoms with E-state index in [1.54, 1.807) is 16.2 Å². The second-order valence-corrected chi connectivity index (χ2v) is 7.07. The van der Waals surface area contributed by atoms with E-state index in [0.717, 1.165) is 27.8 Å². The Morgan fingerprint density at radius 2 is 2.00 bits per heavy atom. The molecule has 0 spiro atoms. The number of nitrogens with two attached hydrogens (primary N) is 1. The molecule has 114 valence electrons. The lowest BCUT2D eigenvalue weighted by Crippen LogP contribution is -3.19. The molecule has 0 aliphatic carbocycles. The van der Waals surface area contributed by atoms with Crippen molar-refractivity contribution in [2.75, 3.05) is 26.2 Å². The van der Waals surface area contributed by atoms with Crippen LogP contribution in [0.15, 0.2) is 35.8 Å². The molecule has 0 bridgehead atoms. The van der Waals surface area contributed by atoms with Gasteiger partial charge in [-0.3, -0.25) is 4.40 Å². The highest BCUT2D eigenvalue weighted by atomic mass is 35.5. The smallest absolute Gasteiger partial charge is 0.194 e. The van der Waals surface area contributed by atoms with E-state index < -0.39 is 0 Å². The Bertz CT molecular complexity index is 771. The SMILES string of the molecule is Clc1ccc(-c2nc3sccn3c2C[NH+]2CC[NH2+]CC2)cc1. The van der Waals surface area contributed by atoms with Crippen molar-refractivity contribution in [2.24, 2.45) is 0 Å². The number of halogens is 1. The number of quaternary nitrogens is 2. The molecule has 1 saturated heterocycles. The van der Waals surface area contributed by atoms with Gasteiger partial charge in [-0.25, -0.2) is 4.98 Å². The van der Waals surface area contributed by atoms with Crippen molar-refractivity contribution in [3.8, 4) is 11.3 Å². The predicted molar refractivity (Wildman–Crippen MR) is 89.6 cm³/mol. The number of piperazine rings is 1. The third-order valence-electron chi connectivity index (χ3n) is 4.30. The van der Waals surface area contributed by atoms with E-state index in [1.165, 1.54) is 31.9 Å². The number of aromatic nitrogens is 2. The average molecular weight is 335 g/mol. The molecular formula is C16H19ClN4S+2. The van der Waals surface area contributed by atoms with Crippen LogP contribution in [0.1, 0.15) is 5.69 Å². The van der Waals surface area contributed by atoms with E-state index in [4.69, 9.17) is 16.6 Å². The van der Waals surface area contributed by atoms with E-state index in [0.29, 0.717) is 0 Å². The first-order valence-corrected chi connectivity index (χ1v) is 8.92. The first kappa shape index (κ1) is 14.2. The molecule has 3 aromatic rings. The topological polar surface area (TPSA) is 38.4 Å². The average Bonchev–Trinajstić information content (AvgIpc) is 3.12. The van der Waals surface area contributed by atoms with Gasteiger partial charge in [0.05, 0.1) is 5.69 Å². The Labute approximate surface area is 138 Å². The van der Waals surface area contributed by atoms with Crippen molar-refractivity contribution in [1.29, 1.82) is 0 Å². The summed E-state index contributed by atoms with van der Waals surface area (Å²) < 4.78 is 2.25. The Balaban J connectivity index is 1.75. The summed E-state index contributed by atoms with van der Waals surface area (Å²) in [6.45, 7) is 5.91. The molecule has 1 aromatic carbocycles. The highest BCUT2D eigenvalue weighted by Crippen LogP contribution is 2.27. The van der Waals surface area contributed by atoms with Gasteiger partial charge in [0.1, 0.15) is 38.4 Å². The maximum Gasteiger partial charge on any atom is 0.194 e. The van der Waals surface area contributed by atoms with Crippen LogP contribution in [0.4, 0.5) is 0 Å². The lowest BCUT2D eigenvalue weighted by molar-refractivity contribution is -0.958. The summed E-state index contributed by atoms with van der Waals surface area (Å²) in [5.74, 6) is 0. The highest BCUT2D eigenvalue weighted by Gasteiger charge is 2.22. The predicted octanol–water partition coefficient (Wildman–Crippen LogP) is 0.678. The number of hydrogen-bond donors (Lipinski definition) is 2. The summed E-state index contributed by atoms with van der Waals surface area (Å²) in [5.41, 5.74) is 3.57. The molecule has 0 amide bonds. The molecule has 0 unspecified atom stereocenters.